The number of rotatable bonds is 3. The number of amides is 2. The molecule has 6 nitrogen and oxygen atoms in total. The van der Waals surface area contributed by atoms with E-state index in [9.17, 15) is 9.59 Å². The van der Waals surface area contributed by atoms with Crippen molar-refractivity contribution in [1.82, 2.24) is 4.90 Å². The monoisotopic (exact) mass is 344 g/mol. The van der Waals surface area contributed by atoms with Crippen LogP contribution >= 0.6 is 0 Å². The highest BCUT2D eigenvalue weighted by Gasteiger charge is 2.38. The molecule has 0 radical (unpaired) electrons. The number of anilines is 1. The normalized spacial score (nSPS) is 23.4. The van der Waals surface area contributed by atoms with Gasteiger partial charge in [0.25, 0.3) is 0 Å². The summed E-state index contributed by atoms with van der Waals surface area (Å²) >= 11 is 0. The highest BCUT2D eigenvalue weighted by atomic mass is 16.7. The highest BCUT2D eigenvalue weighted by Crippen LogP contribution is 2.37. The maximum Gasteiger partial charge on any atom is 0.231 e. The molecule has 25 heavy (non-hydrogen) atoms. The number of carbonyl (C=O) groups is 2. The number of hydrogen-bond acceptors (Lipinski definition) is 4. The molecule has 6 heteroatoms. The molecule has 1 aromatic rings. The van der Waals surface area contributed by atoms with Gasteiger partial charge in [-0.2, -0.15) is 0 Å². The van der Waals surface area contributed by atoms with Crippen LogP contribution in [-0.4, -0.2) is 43.1 Å². The summed E-state index contributed by atoms with van der Waals surface area (Å²) in [5, 5.41) is 0. The van der Waals surface area contributed by atoms with Gasteiger partial charge in [0.05, 0.1) is 5.92 Å². The second-order valence-electron chi connectivity index (χ2n) is 7.12. The number of carbonyl (C=O) groups excluding carboxylic acids is 2. The second kappa shape index (κ2) is 6.58. The van der Waals surface area contributed by atoms with E-state index in [1.54, 1.807) is 4.90 Å². The summed E-state index contributed by atoms with van der Waals surface area (Å²) in [7, 11) is 0. The van der Waals surface area contributed by atoms with E-state index in [-0.39, 0.29) is 24.5 Å². The van der Waals surface area contributed by atoms with Gasteiger partial charge in [-0.05, 0) is 30.9 Å². The molecule has 0 aromatic heterocycles. The van der Waals surface area contributed by atoms with E-state index in [1.807, 2.05) is 23.1 Å². The maximum atomic E-state index is 12.8. The summed E-state index contributed by atoms with van der Waals surface area (Å²) in [5.74, 6) is 1.98. The van der Waals surface area contributed by atoms with Gasteiger partial charge in [0, 0.05) is 37.8 Å². The third kappa shape index (κ3) is 3.05. The molecular formula is C19H24N2O4. The Kier molecular flexibility index (Phi) is 4.27. The van der Waals surface area contributed by atoms with E-state index in [0.717, 1.165) is 37.5 Å². The number of nitrogens with zero attached hydrogens (tertiary/aromatic N) is 2. The van der Waals surface area contributed by atoms with Crippen molar-refractivity contribution in [2.75, 3.05) is 31.3 Å². The zero-order chi connectivity index (χ0) is 17.4. The van der Waals surface area contributed by atoms with Crippen LogP contribution in [0.1, 0.15) is 32.6 Å². The van der Waals surface area contributed by atoms with Gasteiger partial charge >= 0.3 is 0 Å². The van der Waals surface area contributed by atoms with E-state index < -0.39 is 0 Å². The average molecular weight is 344 g/mol. The Balaban J connectivity index is 1.43. The lowest BCUT2D eigenvalue weighted by molar-refractivity contribution is -0.137. The quantitative estimate of drug-likeness (QED) is 0.845. The highest BCUT2D eigenvalue weighted by molar-refractivity contribution is 6.00. The van der Waals surface area contributed by atoms with E-state index >= 15 is 0 Å². The number of piperidine rings is 1. The zero-order valence-corrected chi connectivity index (χ0v) is 14.6. The summed E-state index contributed by atoms with van der Waals surface area (Å²) in [6.07, 6.45) is 3.63. The Labute approximate surface area is 147 Å². The number of hydrogen-bond donors (Lipinski definition) is 0. The minimum absolute atomic E-state index is 0.000611. The van der Waals surface area contributed by atoms with Crippen molar-refractivity contribution in [3.05, 3.63) is 18.2 Å². The molecule has 3 aliphatic heterocycles. The van der Waals surface area contributed by atoms with Crippen LogP contribution in [0.15, 0.2) is 18.2 Å². The first-order valence-corrected chi connectivity index (χ1v) is 9.14. The molecule has 0 saturated carbocycles. The summed E-state index contributed by atoms with van der Waals surface area (Å²) in [5.41, 5.74) is 0.772. The largest absolute Gasteiger partial charge is 0.454 e. The predicted octanol–water partition coefficient (Wildman–Crippen LogP) is 2.42. The third-order valence-corrected chi connectivity index (χ3v) is 5.65. The lowest BCUT2D eigenvalue weighted by Gasteiger charge is -2.33. The standard InChI is InChI=1S/C19H24N2O4/c1-2-13-5-7-20(8-6-13)19(23)14-9-18(22)21(11-14)15-3-4-16-17(10-15)25-12-24-16/h3-4,10,13-14H,2,5-9,11-12H2,1H3. The van der Waals surface area contributed by atoms with Gasteiger partial charge in [0.15, 0.2) is 11.5 Å². The molecule has 2 amide bonds. The van der Waals surface area contributed by atoms with Crippen molar-refractivity contribution < 1.29 is 19.1 Å². The molecule has 0 spiro atoms. The fourth-order valence-corrected chi connectivity index (χ4v) is 4.00. The first kappa shape index (κ1) is 16.2. The van der Waals surface area contributed by atoms with Crippen LogP contribution in [0.2, 0.25) is 0 Å². The lowest BCUT2D eigenvalue weighted by atomic mass is 9.93. The molecule has 4 rings (SSSR count). The number of fused-ring (bicyclic) bond motifs is 1. The molecule has 134 valence electrons. The van der Waals surface area contributed by atoms with Gasteiger partial charge in [-0.3, -0.25) is 9.59 Å². The SMILES string of the molecule is CCC1CCN(C(=O)C2CC(=O)N(c3ccc4c(c3)OCO4)C2)CC1. The van der Waals surface area contributed by atoms with Crippen molar-refractivity contribution >= 4 is 17.5 Å². The molecule has 0 N–H and O–H groups in total. The fourth-order valence-electron chi connectivity index (χ4n) is 4.00. The Bertz CT molecular complexity index is 682. The van der Waals surface area contributed by atoms with E-state index in [0.29, 0.717) is 24.5 Å². The number of ether oxygens (including phenoxy) is 2. The van der Waals surface area contributed by atoms with Gasteiger partial charge in [0.1, 0.15) is 0 Å². The molecule has 0 bridgehead atoms. The molecule has 2 fully saturated rings. The topological polar surface area (TPSA) is 59.1 Å². The van der Waals surface area contributed by atoms with Gasteiger partial charge in [0.2, 0.25) is 18.6 Å². The first-order chi connectivity index (χ1) is 12.2. The van der Waals surface area contributed by atoms with Crippen LogP contribution in [0.25, 0.3) is 0 Å². The Morgan fingerprint density at radius 1 is 1.20 bits per heavy atom. The van der Waals surface area contributed by atoms with Crippen LogP contribution in [0, 0.1) is 11.8 Å². The Hall–Kier alpha value is -2.24. The molecule has 3 aliphatic rings. The van der Waals surface area contributed by atoms with Crippen LogP contribution in [0.3, 0.4) is 0 Å². The molecular weight excluding hydrogens is 320 g/mol. The Morgan fingerprint density at radius 2 is 1.96 bits per heavy atom. The van der Waals surface area contributed by atoms with Crippen LogP contribution < -0.4 is 14.4 Å². The smallest absolute Gasteiger partial charge is 0.231 e. The first-order valence-electron chi connectivity index (χ1n) is 9.14. The number of likely N-dealkylation sites (tertiary alicyclic amines) is 1. The van der Waals surface area contributed by atoms with E-state index in [4.69, 9.17) is 9.47 Å². The molecule has 1 aromatic carbocycles. The minimum atomic E-state index is -0.240. The van der Waals surface area contributed by atoms with E-state index in [2.05, 4.69) is 6.92 Å². The lowest BCUT2D eigenvalue weighted by Crippen LogP contribution is -2.42. The Morgan fingerprint density at radius 3 is 2.72 bits per heavy atom. The molecule has 1 atom stereocenters. The van der Waals surface area contributed by atoms with Crippen LogP contribution in [-0.2, 0) is 9.59 Å². The summed E-state index contributed by atoms with van der Waals surface area (Å²) in [4.78, 5) is 28.9. The average Bonchev–Trinajstić information content (AvgIpc) is 3.26. The molecule has 3 heterocycles. The summed E-state index contributed by atoms with van der Waals surface area (Å²) < 4.78 is 10.7. The van der Waals surface area contributed by atoms with Gasteiger partial charge in [-0.15, -0.1) is 0 Å². The second-order valence-corrected chi connectivity index (χ2v) is 7.12. The molecule has 2 saturated heterocycles. The van der Waals surface area contributed by atoms with Crippen molar-refractivity contribution in [1.29, 1.82) is 0 Å². The van der Waals surface area contributed by atoms with Crippen molar-refractivity contribution in [2.45, 2.75) is 32.6 Å². The van der Waals surface area contributed by atoms with Crippen molar-refractivity contribution in [3.63, 3.8) is 0 Å². The third-order valence-electron chi connectivity index (χ3n) is 5.65. The van der Waals surface area contributed by atoms with Gasteiger partial charge in [-0.1, -0.05) is 13.3 Å². The fraction of sp³-hybridized carbons (Fsp3) is 0.579. The summed E-state index contributed by atoms with van der Waals surface area (Å²) in [6.45, 7) is 4.52. The van der Waals surface area contributed by atoms with Gasteiger partial charge in [-0.25, -0.2) is 0 Å². The molecule has 1 unspecified atom stereocenters. The maximum absolute atomic E-state index is 12.8. The summed E-state index contributed by atoms with van der Waals surface area (Å²) in [6, 6.07) is 5.49. The molecule has 0 aliphatic carbocycles. The van der Waals surface area contributed by atoms with Crippen LogP contribution in [0.4, 0.5) is 5.69 Å². The predicted molar refractivity (Wildman–Crippen MR) is 92.6 cm³/mol. The van der Waals surface area contributed by atoms with Gasteiger partial charge < -0.3 is 19.3 Å². The number of benzene rings is 1. The van der Waals surface area contributed by atoms with Crippen molar-refractivity contribution in [2.24, 2.45) is 11.8 Å². The van der Waals surface area contributed by atoms with E-state index in [1.165, 1.54) is 6.42 Å². The zero-order valence-electron chi connectivity index (χ0n) is 14.6. The minimum Gasteiger partial charge on any atom is -0.454 e. The van der Waals surface area contributed by atoms with Crippen molar-refractivity contribution in [3.8, 4) is 11.5 Å². The van der Waals surface area contributed by atoms with Crippen LogP contribution in [0.5, 0.6) is 11.5 Å².